The summed E-state index contributed by atoms with van der Waals surface area (Å²) in [5.74, 6) is -0.325. The summed E-state index contributed by atoms with van der Waals surface area (Å²) in [4.78, 5) is 23.4. The number of ketones is 1. The molecular weight excluding hydrogens is 212 g/mol. The van der Waals surface area contributed by atoms with E-state index >= 15 is 0 Å². The second-order valence-electron chi connectivity index (χ2n) is 3.84. The number of hydrogen-bond donors (Lipinski definition) is 1. The van der Waals surface area contributed by atoms with Crippen molar-refractivity contribution >= 4 is 23.1 Å². The van der Waals surface area contributed by atoms with E-state index < -0.39 is 5.97 Å². The molecule has 3 nitrogen and oxygen atoms in total. The minimum Gasteiger partial charge on any atom is -0.477 e. The van der Waals surface area contributed by atoms with E-state index in [9.17, 15) is 9.59 Å². The molecule has 1 atom stereocenters. The molecule has 1 aliphatic carbocycles. The Kier molecular flexibility index (Phi) is 2.86. The van der Waals surface area contributed by atoms with Crippen LogP contribution in [0.15, 0.2) is 12.1 Å². The average Bonchev–Trinajstić information content (AvgIpc) is 2.66. The van der Waals surface area contributed by atoms with Gasteiger partial charge in [-0.15, -0.1) is 11.3 Å². The standard InChI is InChI=1S/C11H12O3S/c12-8-3-1-2-7(6-8)9-4-5-10(15-9)11(13)14/h4-5,7H,1-3,6H2,(H,13,14). The second-order valence-corrected chi connectivity index (χ2v) is 4.95. The lowest BCUT2D eigenvalue weighted by molar-refractivity contribution is -0.120. The first-order chi connectivity index (χ1) is 7.16. The van der Waals surface area contributed by atoms with Gasteiger partial charge in [0.2, 0.25) is 0 Å². The van der Waals surface area contributed by atoms with Crippen LogP contribution in [0, 0.1) is 0 Å². The highest BCUT2D eigenvalue weighted by molar-refractivity contribution is 7.14. The Morgan fingerprint density at radius 1 is 1.47 bits per heavy atom. The number of carboxylic acid groups (broad SMARTS) is 1. The Morgan fingerprint density at radius 3 is 2.87 bits per heavy atom. The number of carboxylic acids is 1. The van der Waals surface area contributed by atoms with Crippen molar-refractivity contribution in [3.05, 3.63) is 21.9 Å². The maximum Gasteiger partial charge on any atom is 0.345 e. The Labute approximate surface area is 91.7 Å². The molecule has 1 N–H and O–H groups in total. The molecular formula is C11H12O3S. The Morgan fingerprint density at radius 2 is 2.27 bits per heavy atom. The van der Waals surface area contributed by atoms with Gasteiger partial charge in [0.05, 0.1) is 0 Å². The van der Waals surface area contributed by atoms with Gasteiger partial charge in [0.15, 0.2) is 0 Å². The Hall–Kier alpha value is -1.16. The van der Waals surface area contributed by atoms with Gasteiger partial charge in [-0.3, -0.25) is 4.79 Å². The molecule has 80 valence electrons. The molecule has 1 unspecified atom stereocenters. The first-order valence-electron chi connectivity index (χ1n) is 5.01. The molecule has 1 aliphatic rings. The van der Waals surface area contributed by atoms with Crippen molar-refractivity contribution in [2.24, 2.45) is 0 Å². The van der Waals surface area contributed by atoms with E-state index in [1.165, 1.54) is 11.3 Å². The van der Waals surface area contributed by atoms with Gasteiger partial charge < -0.3 is 5.11 Å². The molecule has 1 fully saturated rings. The van der Waals surface area contributed by atoms with Crippen LogP contribution < -0.4 is 0 Å². The Bertz CT molecular complexity index is 394. The van der Waals surface area contributed by atoms with E-state index in [1.807, 2.05) is 6.07 Å². The van der Waals surface area contributed by atoms with Gasteiger partial charge in [-0.05, 0) is 25.0 Å². The van der Waals surface area contributed by atoms with E-state index in [0.717, 1.165) is 17.7 Å². The molecule has 1 heterocycles. The molecule has 4 heteroatoms. The highest BCUT2D eigenvalue weighted by Gasteiger charge is 2.22. The molecule has 0 radical (unpaired) electrons. The molecule has 1 aromatic rings. The number of carbonyl (C=O) groups is 2. The fourth-order valence-electron chi connectivity index (χ4n) is 1.95. The van der Waals surface area contributed by atoms with Crippen LogP contribution in [-0.2, 0) is 4.79 Å². The molecule has 0 amide bonds. The summed E-state index contributed by atoms with van der Waals surface area (Å²) in [5, 5.41) is 8.79. The van der Waals surface area contributed by atoms with Crippen LogP contribution in [-0.4, -0.2) is 16.9 Å². The molecule has 2 rings (SSSR count). The molecule has 1 saturated carbocycles. The lowest BCUT2D eigenvalue weighted by atomic mass is 9.87. The summed E-state index contributed by atoms with van der Waals surface area (Å²) in [5.41, 5.74) is 0. The van der Waals surface area contributed by atoms with Gasteiger partial charge in [-0.2, -0.15) is 0 Å². The van der Waals surface area contributed by atoms with Gasteiger partial charge in [0, 0.05) is 23.6 Å². The van der Waals surface area contributed by atoms with E-state index in [4.69, 9.17) is 5.11 Å². The van der Waals surface area contributed by atoms with Crippen LogP contribution in [0.5, 0.6) is 0 Å². The minimum absolute atomic E-state index is 0.254. The zero-order valence-corrected chi connectivity index (χ0v) is 9.05. The molecule has 0 spiro atoms. The van der Waals surface area contributed by atoms with Crippen LogP contribution in [0.25, 0.3) is 0 Å². The number of aromatic carboxylic acids is 1. The lowest BCUT2D eigenvalue weighted by Gasteiger charge is -2.19. The molecule has 0 bridgehead atoms. The summed E-state index contributed by atoms with van der Waals surface area (Å²) in [7, 11) is 0. The van der Waals surface area contributed by atoms with E-state index in [1.54, 1.807) is 6.07 Å². The number of carbonyl (C=O) groups excluding carboxylic acids is 1. The fraction of sp³-hybridized carbons (Fsp3) is 0.455. The van der Waals surface area contributed by atoms with Crippen molar-refractivity contribution in [3.8, 4) is 0 Å². The van der Waals surface area contributed by atoms with Crippen molar-refractivity contribution < 1.29 is 14.7 Å². The van der Waals surface area contributed by atoms with Gasteiger partial charge in [-0.1, -0.05) is 0 Å². The number of rotatable bonds is 2. The predicted octanol–water partition coefficient (Wildman–Crippen LogP) is 2.67. The number of hydrogen-bond acceptors (Lipinski definition) is 3. The van der Waals surface area contributed by atoms with Crippen molar-refractivity contribution in [1.29, 1.82) is 0 Å². The van der Waals surface area contributed by atoms with E-state index in [-0.39, 0.29) is 5.92 Å². The molecule has 0 aromatic carbocycles. The minimum atomic E-state index is -0.881. The summed E-state index contributed by atoms with van der Waals surface area (Å²) >= 11 is 1.30. The summed E-state index contributed by atoms with van der Waals surface area (Å²) in [6.07, 6.45) is 3.21. The van der Waals surface area contributed by atoms with Gasteiger partial charge in [-0.25, -0.2) is 4.79 Å². The molecule has 0 aliphatic heterocycles. The zero-order valence-electron chi connectivity index (χ0n) is 8.23. The van der Waals surface area contributed by atoms with Crippen LogP contribution in [0.4, 0.5) is 0 Å². The normalized spacial score (nSPS) is 21.6. The molecule has 15 heavy (non-hydrogen) atoms. The Balaban J connectivity index is 2.14. The first-order valence-corrected chi connectivity index (χ1v) is 5.83. The summed E-state index contributed by atoms with van der Waals surface area (Å²) < 4.78 is 0. The van der Waals surface area contributed by atoms with Crippen molar-refractivity contribution in [3.63, 3.8) is 0 Å². The van der Waals surface area contributed by atoms with Crippen LogP contribution in [0.2, 0.25) is 0 Å². The molecule has 1 aromatic heterocycles. The predicted molar refractivity (Wildman–Crippen MR) is 57.5 cm³/mol. The third-order valence-electron chi connectivity index (χ3n) is 2.72. The quantitative estimate of drug-likeness (QED) is 0.840. The first kappa shape index (κ1) is 10.4. The lowest BCUT2D eigenvalue weighted by Crippen LogP contribution is -2.12. The van der Waals surface area contributed by atoms with Gasteiger partial charge in [0.1, 0.15) is 10.7 Å². The van der Waals surface area contributed by atoms with E-state index in [0.29, 0.717) is 23.5 Å². The fourth-order valence-corrected chi connectivity index (χ4v) is 2.94. The second kappa shape index (κ2) is 4.14. The average molecular weight is 224 g/mol. The van der Waals surface area contributed by atoms with Crippen LogP contribution >= 0.6 is 11.3 Å². The molecule has 0 saturated heterocycles. The van der Waals surface area contributed by atoms with E-state index in [2.05, 4.69) is 0 Å². The van der Waals surface area contributed by atoms with Gasteiger partial charge >= 0.3 is 5.97 Å². The highest BCUT2D eigenvalue weighted by atomic mass is 32.1. The largest absolute Gasteiger partial charge is 0.477 e. The summed E-state index contributed by atoms with van der Waals surface area (Å²) in [6.45, 7) is 0. The summed E-state index contributed by atoms with van der Waals surface area (Å²) in [6, 6.07) is 3.47. The SMILES string of the molecule is O=C1CCCC(c2ccc(C(=O)O)s2)C1. The van der Waals surface area contributed by atoms with Gasteiger partial charge in [0.25, 0.3) is 0 Å². The van der Waals surface area contributed by atoms with Crippen molar-refractivity contribution in [2.45, 2.75) is 31.6 Å². The van der Waals surface area contributed by atoms with Crippen LogP contribution in [0.1, 0.15) is 46.2 Å². The smallest absolute Gasteiger partial charge is 0.345 e. The topological polar surface area (TPSA) is 54.4 Å². The maximum absolute atomic E-state index is 11.3. The van der Waals surface area contributed by atoms with Crippen molar-refractivity contribution in [1.82, 2.24) is 0 Å². The van der Waals surface area contributed by atoms with Crippen molar-refractivity contribution in [2.75, 3.05) is 0 Å². The monoisotopic (exact) mass is 224 g/mol. The third kappa shape index (κ3) is 2.26. The highest BCUT2D eigenvalue weighted by Crippen LogP contribution is 2.34. The van der Waals surface area contributed by atoms with Crippen LogP contribution in [0.3, 0.4) is 0 Å². The number of Topliss-reactive ketones (excluding diaryl/α,β-unsaturated/α-hetero) is 1. The zero-order chi connectivity index (χ0) is 10.8. The maximum atomic E-state index is 11.3. The number of thiophene rings is 1. The third-order valence-corrected chi connectivity index (χ3v) is 3.96.